The third kappa shape index (κ3) is 3.91. The lowest BCUT2D eigenvalue weighted by Gasteiger charge is -2.32. The van der Waals surface area contributed by atoms with E-state index >= 15 is 0 Å². The van der Waals surface area contributed by atoms with E-state index < -0.39 is 49.4 Å². The highest BCUT2D eigenvalue weighted by molar-refractivity contribution is 5.84. The summed E-state index contributed by atoms with van der Waals surface area (Å²) in [5.74, 6) is -3.48. The summed E-state index contributed by atoms with van der Waals surface area (Å²) in [5.41, 5.74) is -1.79. The molecule has 0 spiro atoms. The normalized spacial score (nSPS) is 15.3. The molecule has 0 aromatic rings. The molecule has 0 aliphatic heterocycles. The Bertz CT molecular complexity index is 268. The van der Waals surface area contributed by atoms with Gasteiger partial charge >= 0.3 is 11.9 Å². The number of hydrogen-bond acceptors (Lipinski definition) is 7. The summed E-state index contributed by atoms with van der Waals surface area (Å²) in [5, 5.41) is 55.1. The highest BCUT2D eigenvalue weighted by atomic mass is 16.4. The number of carbonyl (C=O) groups is 2. The van der Waals surface area contributed by atoms with E-state index in [1.165, 1.54) is 0 Å². The molecule has 0 aromatic carbocycles. The first-order chi connectivity index (χ1) is 7.83. The van der Waals surface area contributed by atoms with E-state index in [1.807, 2.05) is 5.32 Å². The Labute approximate surface area is 95.9 Å². The van der Waals surface area contributed by atoms with Crippen molar-refractivity contribution in [3.05, 3.63) is 0 Å². The smallest absolute Gasteiger partial charge is 0.334 e. The lowest BCUT2D eigenvalue weighted by Crippen LogP contribution is -2.64. The fourth-order valence-electron chi connectivity index (χ4n) is 1.04. The molecule has 2 unspecified atom stereocenters. The van der Waals surface area contributed by atoms with E-state index in [1.54, 1.807) is 0 Å². The van der Waals surface area contributed by atoms with E-state index in [0.29, 0.717) is 0 Å². The van der Waals surface area contributed by atoms with Crippen LogP contribution in [0.25, 0.3) is 0 Å². The summed E-state index contributed by atoms with van der Waals surface area (Å²) in [6.07, 6.45) is -2.28. The first kappa shape index (κ1) is 15.7. The van der Waals surface area contributed by atoms with Crippen LogP contribution in [0.2, 0.25) is 0 Å². The highest BCUT2D eigenvalue weighted by Crippen LogP contribution is 2.07. The van der Waals surface area contributed by atoms with E-state index in [-0.39, 0.29) is 0 Å². The average molecular weight is 253 g/mol. The molecule has 9 nitrogen and oxygen atoms in total. The molecular formula is C8H15NO8. The summed E-state index contributed by atoms with van der Waals surface area (Å²) in [6.45, 7) is -2.51. The number of carboxylic acids is 2. The Morgan fingerprint density at radius 2 is 1.41 bits per heavy atom. The molecule has 0 fully saturated rings. The molecule has 0 aliphatic carbocycles. The van der Waals surface area contributed by atoms with Crippen LogP contribution in [0.5, 0.6) is 0 Å². The van der Waals surface area contributed by atoms with Gasteiger partial charge in [0.25, 0.3) is 0 Å². The summed E-state index contributed by atoms with van der Waals surface area (Å²) >= 11 is 0. The van der Waals surface area contributed by atoms with Crippen LogP contribution in [0, 0.1) is 0 Å². The molecule has 7 N–H and O–H groups in total. The number of rotatable bonds is 8. The van der Waals surface area contributed by atoms with Crippen molar-refractivity contribution in [3.63, 3.8) is 0 Å². The molecule has 0 heterocycles. The average Bonchev–Trinajstić information content (AvgIpc) is 2.30. The molecule has 17 heavy (non-hydrogen) atoms. The Balaban J connectivity index is 4.98. The molecule has 0 saturated heterocycles. The van der Waals surface area contributed by atoms with Crippen LogP contribution >= 0.6 is 0 Å². The number of aliphatic carboxylic acids is 2. The van der Waals surface area contributed by atoms with Crippen molar-refractivity contribution in [1.82, 2.24) is 5.32 Å². The Kier molecular flexibility index (Phi) is 5.99. The quantitative estimate of drug-likeness (QED) is 0.229. The van der Waals surface area contributed by atoms with Gasteiger partial charge in [-0.3, -0.25) is 10.1 Å². The first-order valence-corrected chi connectivity index (χ1v) is 4.57. The second-order valence-corrected chi connectivity index (χ2v) is 3.50. The largest absolute Gasteiger partial charge is 0.480 e. The Morgan fingerprint density at radius 3 is 1.65 bits per heavy atom. The predicted octanol–water partition coefficient (Wildman–Crippen LogP) is -3.81. The van der Waals surface area contributed by atoms with E-state index in [4.69, 9.17) is 30.6 Å². The first-order valence-electron chi connectivity index (χ1n) is 4.57. The van der Waals surface area contributed by atoms with E-state index in [9.17, 15) is 9.59 Å². The van der Waals surface area contributed by atoms with Crippen LogP contribution in [0.3, 0.4) is 0 Å². The SMILES string of the molecule is O=C(O)C(O)C(NC(CO)(CO)CO)C(=O)O. The van der Waals surface area contributed by atoms with Gasteiger partial charge < -0.3 is 30.6 Å². The van der Waals surface area contributed by atoms with Gasteiger partial charge in [-0.05, 0) is 0 Å². The number of carboxylic acid groups (broad SMARTS) is 2. The van der Waals surface area contributed by atoms with Gasteiger partial charge in [0, 0.05) is 0 Å². The molecule has 0 radical (unpaired) electrons. The monoisotopic (exact) mass is 253 g/mol. The molecule has 2 atom stereocenters. The van der Waals surface area contributed by atoms with Crippen molar-refractivity contribution in [3.8, 4) is 0 Å². The number of aliphatic hydroxyl groups excluding tert-OH is 4. The molecule has 0 bridgehead atoms. The van der Waals surface area contributed by atoms with E-state index in [0.717, 1.165) is 0 Å². The fraction of sp³-hybridized carbons (Fsp3) is 0.750. The van der Waals surface area contributed by atoms with Crippen LogP contribution in [0.1, 0.15) is 0 Å². The minimum atomic E-state index is -2.28. The van der Waals surface area contributed by atoms with Crippen molar-refractivity contribution in [2.24, 2.45) is 0 Å². The lowest BCUT2D eigenvalue weighted by atomic mass is 10.00. The zero-order valence-corrected chi connectivity index (χ0v) is 8.78. The summed E-state index contributed by atoms with van der Waals surface area (Å²) in [4.78, 5) is 21.2. The third-order valence-electron chi connectivity index (χ3n) is 2.20. The second kappa shape index (κ2) is 6.47. The zero-order chi connectivity index (χ0) is 13.6. The molecule has 0 saturated carbocycles. The molecule has 100 valence electrons. The third-order valence-corrected chi connectivity index (χ3v) is 2.20. The molecule has 0 amide bonds. The van der Waals surface area contributed by atoms with Crippen LogP contribution in [-0.4, -0.2) is 80.1 Å². The topological polar surface area (TPSA) is 168 Å². The highest BCUT2D eigenvalue weighted by Gasteiger charge is 2.39. The molecule has 0 aromatic heterocycles. The van der Waals surface area contributed by atoms with Gasteiger partial charge in [-0.15, -0.1) is 0 Å². The Hall–Kier alpha value is -1.26. The molecule has 9 heteroatoms. The van der Waals surface area contributed by atoms with Gasteiger partial charge in [0.1, 0.15) is 6.04 Å². The minimum absolute atomic E-state index is 0.837. The van der Waals surface area contributed by atoms with Gasteiger partial charge in [0.15, 0.2) is 6.10 Å². The van der Waals surface area contributed by atoms with Gasteiger partial charge in [-0.2, -0.15) is 0 Å². The maximum atomic E-state index is 10.7. The number of aliphatic hydroxyl groups is 4. The van der Waals surface area contributed by atoms with E-state index in [2.05, 4.69) is 0 Å². The maximum absolute atomic E-state index is 10.7. The van der Waals surface area contributed by atoms with Crippen molar-refractivity contribution < 1.29 is 40.2 Å². The summed E-state index contributed by atoms with van der Waals surface area (Å²) < 4.78 is 0. The van der Waals surface area contributed by atoms with Crippen molar-refractivity contribution in [2.75, 3.05) is 19.8 Å². The molecule has 0 rings (SSSR count). The molecule has 0 aliphatic rings. The van der Waals surface area contributed by atoms with Crippen molar-refractivity contribution in [1.29, 1.82) is 0 Å². The summed E-state index contributed by atoms with van der Waals surface area (Å²) in [7, 11) is 0. The second-order valence-electron chi connectivity index (χ2n) is 3.50. The lowest BCUT2D eigenvalue weighted by molar-refractivity contribution is -0.157. The van der Waals surface area contributed by atoms with Gasteiger partial charge in [-0.1, -0.05) is 0 Å². The van der Waals surface area contributed by atoms with Gasteiger partial charge in [0.05, 0.1) is 25.4 Å². The van der Waals surface area contributed by atoms with Crippen molar-refractivity contribution in [2.45, 2.75) is 17.7 Å². The fourth-order valence-corrected chi connectivity index (χ4v) is 1.04. The van der Waals surface area contributed by atoms with Crippen LogP contribution in [-0.2, 0) is 9.59 Å². The van der Waals surface area contributed by atoms with Crippen LogP contribution in [0.4, 0.5) is 0 Å². The summed E-state index contributed by atoms with van der Waals surface area (Å²) in [6, 6.07) is -1.97. The Morgan fingerprint density at radius 1 is 1.00 bits per heavy atom. The number of nitrogens with one attached hydrogen (secondary N) is 1. The van der Waals surface area contributed by atoms with Gasteiger partial charge in [-0.25, -0.2) is 4.79 Å². The predicted molar refractivity (Wildman–Crippen MR) is 52.2 cm³/mol. The van der Waals surface area contributed by atoms with Gasteiger partial charge in [0.2, 0.25) is 0 Å². The zero-order valence-electron chi connectivity index (χ0n) is 8.78. The minimum Gasteiger partial charge on any atom is -0.480 e. The standard InChI is InChI=1S/C8H15NO8/c10-1-8(2-11,3-12)9-4(6(14)15)5(13)7(16)17/h4-5,9-13H,1-3H2,(H,14,15)(H,16,17). The molecular weight excluding hydrogens is 238 g/mol. The number of hydrogen-bond donors (Lipinski definition) is 7. The van der Waals surface area contributed by atoms with Crippen LogP contribution < -0.4 is 5.32 Å². The van der Waals surface area contributed by atoms with Crippen LogP contribution in [0.15, 0.2) is 0 Å². The maximum Gasteiger partial charge on any atom is 0.334 e. The van der Waals surface area contributed by atoms with Crippen molar-refractivity contribution >= 4 is 11.9 Å².